The number of nitrogens with two attached hydrogens (primary N) is 1. The van der Waals surface area contributed by atoms with Gasteiger partial charge in [-0.2, -0.15) is 0 Å². The molecule has 0 aliphatic rings. The van der Waals surface area contributed by atoms with Crippen molar-refractivity contribution in [3.8, 4) is 0 Å². The van der Waals surface area contributed by atoms with Gasteiger partial charge in [0.1, 0.15) is 0 Å². The maximum Gasteiger partial charge on any atom is 0.248 e. The molecule has 1 unspecified atom stereocenters. The van der Waals surface area contributed by atoms with Gasteiger partial charge in [-0.3, -0.25) is 4.79 Å². The summed E-state index contributed by atoms with van der Waals surface area (Å²) in [4.78, 5) is 11.0. The lowest BCUT2D eigenvalue weighted by molar-refractivity contribution is 0.100. The molecule has 0 spiro atoms. The predicted octanol–water partition coefficient (Wildman–Crippen LogP) is 4.27. The standard InChI is InChI=1S/C15H14Cl2N2O/c1-9(13-8-11(16)4-7-14(13)17)19-12-5-2-10(3-6-12)15(18)20/h2-9,19H,1H3,(H2,18,20). The number of amides is 1. The monoisotopic (exact) mass is 308 g/mol. The van der Waals surface area contributed by atoms with Crippen LogP contribution in [0.15, 0.2) is 42.5 Å². The Morgan fingerprint density at radius 3 is 2.40 bits per heavy atom. The van der Waals surface area contributed by atoms with Crippen LogP contribution in [-0.4, -0.2) is 5.91 Å². The van der Waals surface area contributed by atoms with Gasteiger partial charge in [0.15, 0.2) is 0 Å². The average Bonchev–Trinajstić information content (AvgIpc) is 2.42. The van der Waals surface area contributed by atoms with E-state index >= 15 is 0 Å². The highest BCUT2D eigenvalue weighted by Gasteiger charge is 2.10. The van der Waals surface area contributed by atoms with Gasteiger partial charge < -0.3 is 11.1 Å². The van der Waals surface area contributed by atoms with Gasteiger partial charge in [-0.25, -0.2) is 0 Å². The van der Waals surface area contributed by atoms with E-state index in [1.807, 2.05) is 13.0 Å². The van der Waals surface area contributed by atoms with Crippen LogP contribution in [0.2, 0.25) is 10.0 Å². The molecule has 0 fully saturated rings. The predicted molar refractivity (Wildman–Crippen MR) is 83.5 cm³/mol. The third-order valence-corrected chi connectivity index (χ3v) is 3.56. The highest BCUT2D eigenvalue weighted by Crippen LogP contribution is 2.28. The van der Waals surface area contributed by atoms with Gasteiger partial charge in [0.05, 0.1) is 6.04 Å². The molecule has 3 nitrogen and oxygen atoms in total. The molecule has 20 heavy (non-hydrogen) atoms. The van der Waals surface area contributed by atoms with Gasteiger partial charge >= 0.3 is 0 Å². The zero-order valence-electron chi connectivity index (χ0n) is 10.9. The zero-order chi connectivity index (χ0) is 14.7. The summed E-state index contributed by atoms with van der Waals surface area (Å²) in [6.07, 6.45) is 0. The number of carbonyl (C=O) groups is 1. The molecule has 3 N–H and O–H groups in total. The van der Waals surface area contributed by atoms with Crippen molar-refractivity contribution < 1.29 is 4.79 Å². The Morgan fingerprint density at radius 1 is 1.15 bits per heavy atom. The minimum absolute atomic E-state index is 0.0133. The number of halogens is 2. The summed E-state index contributed by atoms with van der Waals surface area (Å²) in [5.74, 6) is -0.442. The molecule has 0 saturated heterocycles. The smallest absolute Gasteiger partial charge is 0.248 e. The maximum atomic E-state index is 11.0. The van der Waals surface area contributed by atoms with Crippen LogP contribution in [0.25, 0.3) is 0 Å². The number of hydrogen-bond donors (Lipinski definition) is 2. The molecule has 0 aliphatic heterocycles. The largest absolute Gasteiger partial charge is 0.378 e. The summed E-state index contributed by atoms with van der Waals surface area (Å²) in [6.45, 7) is 1.99. The first-order valence-corrected chi connectivity index (χ1v) is 6.84. The second kappa shape index (κ2) is 6.16. The van der Waals surface area contributed by atoms with E-state index in [1.54, 1.807) is 36.4 Å². The Hall–Kier alpha value is -1.71. The number of primary amides is 1. The molecule has 2 rings (SSSR count). The molecule has 104 valence electrons. The van der Waals surface area contributed by atoms with E-state index in [0.717, 1.165) is 11.3 Å². The van der Waals surface area contributed by atoms with E-state index in [0.29, 0.717) is 15.6 Å². The molecule has 0 aromatic heterocycles. The fourth-order valence-electron chi connectivity index (χ4n) is 1.90. The molecule has 2 aromatic rings. The number of carbonyl (C=O) groups excluding carboxylic acids is 1. The fraction of sp³-hybridized carbons (Fsp3) is 0.133. The van der Waals surface area contributed by atoms with Gasteiger partial charge in [-0.1, -0.05) is 23.2 Å². The summed E-state index contributed by atoms with van der Waals surface area (Å²) in [5, 5.41) is 4.59. The molecule has 0 aliphatic carbocycles. The molecule has 1 amide bonds. The summed E-state index contributed by atoms with van der Waals surface area (Å²) in [7, 11) is 0. The van der Waals surface area contributed by atoms with Crippen molar-refractivity contribution in [2.45, 2.75) is 13.0 Å². The lowest BCUT2D eigenvalue weighted by Gasteiger charge is -2.17. The van der Waals surface area contributed by atoms with E-state index in [9.17, 15) is 4.79 Å². The van der Waals surface area contributed by atoms with Crippen molar-refractivity contribution in [2.75, 3.05) is 5.32 Å². The second-order valence-corrected chi connectivity index (χ2v) is 5.32. The van der Waals surface area contributed by atoms with Crippen molar-refractivity contribution in [3.05, 3.63) is 63.6 Å². The van der Waals surface area contributed by atoms with Gasteiger partial charge in [-0.15, -0.1) is 0 Å². The van der Waals surface area contributed by atoms with Crippen LogP contribution in [0.1, 0.15) is 28.9 Å². The fourth-order valence-corrected chi connectivity index (χ4v) is 2.37. The van der Waals surface area contributed by atoms with Crippen LogP contribution in [0.5, 0.6) is 0 Å². The van der Waals surface area contributed by atoms with E-state index in [1.165, 1.54) is 0 Å². The first-order valence-electron chi connectivity index (χ1n) is 6.08. The van der Waals surface area contributed by atoms with Gasteiger partial charge in [0, 0.05) is 21.3 Å². The lowest BCUT2D eigenvalue weighted by atomic mass is 10.1. The van der Waals surface area contributed by atoms with E-state index in [-0.39, 0.29) is 6.04 Å². The highest BCUT2D eigenvalue weighted by molar-refractivity contribution is 6.33. The van der Waals surface area contributed by atoms with Gasteiger partial charge in [-0.05, 0) is 55.0 Å². The van der Waals surface area contributed by atoms with Crippen LogP contribution in [0, 0.1) is 0 Å². The van der Waals surface area contributed by atoms with E-state index in [4.69, 9.17) is 28.9 Å². The van der Waals surface area contributed by atoms with E-state index in [2.05, 4.69) is 5.32 Å². The minimum atomic E-state index is -0.442. The van der Waals surface area contributed by atoms with Crippen molar-refractivity contribution >= 4 is 34.8 Å². The summed E-state index contributed by atoms with van der Waals surface area (Å²) in [5.41, 5.74) is 7.47. The Kier molecular flexibility index (Phi) is 4.53. The van der Waals surface area contributed by atoms with Crippen LogP contribution in [0.3, 0.4) is 0 Å². The molecule has 0 saturated carbocycles. The SMILES string of the molecule is CC(Nc1ccc(C(N)=O)cc1)c1cc(Cl)ccc1Cl. The van der Waals surface area contributed by atoms with Crippen LogP contribution in [-0.2, 0) is 0 Å². The molecule has 1 atom stereocenters. The van der Waals surface area contributed by atoms with Crippen LogP contribution in [0.4, 0.5) is 5.69 Å². The first-order chi connectivity index (χ1) is 9.47. The zero-order valence-corrected chi connectivity index (χ0v) is 12.4. The van der Waals surface area contributed by atoms with Crippen molar-refractivity contribution in [2.24, 2.45) is 5.73 Å². The summed E-state index contributed by atoms with van der Waals surface area (Å²) < 4.78 is 0. The first kappa shape index (κ1) is 14.7. The van der Waals surface area contributed by atoms with Crippen LogP contribution < -0.4 is 11.1 Å². The Labute approximate surface area is 127 Å². The second-order valence-electron chi connectivity index (χ2n) is 4.47. The highest BCUT2D eigenvalue weighted by atomic mass is 35.5. The normalized spacial score (nSPS) is 11.9. The molecule has 0 bridgehead atoms. The van der Waals surface area contributed by atoms with Crippen molar-refractivity contribution in [1.82, 2.24) is 0 Å². The lowest BCUT2D eigenvalue weighted by Crippen LogP contribution is -2.11. The number of hydrogen-bond acceptors (Lipinski definition) is 2. The molecular formula is C15H14Cl2N2O. The topological polar surface area (TPSA) is 55.1 Å². The molecule has 5 heteroatoms. The third-order valence-electron chi connectivity index (χ3n) is 2.98. The maximum absolute atomic E-state index is 11.0. The Bertz CT molecular complexity index is 626. The molecular weight excluding hydrogens is 295 g/mol. The average molecular weight is 309 g/mol. The summed E-state index contributed by atoms with van der Waals surface area (Å²) >= 11 is 12.1. The minimum Gasteiger partial charge on any atom is -0.378 e. The number of rotatable bonds is 4. The van der Waals surface area contributed by atoms with Gasteiger partial charge in [0.25, 0.3) is 0 Å². The molecule has 0 radical (unpaired) electrons. The van der Waals surface area contributed by atoms with Crippen LogP contribution >= 0.6 is 23.2 Å². The Balaban J connectivity index is 2.16. The van der Waals surface area contributed by atoms with Crippen molar-refractivity contribution in [3.63, 3.8) is 0 Å². The molecule has 2 aromatic carbocycles. The quantitative estimate of drug-likeness (QED) is 0.886. The Morgan fingerprint density at radius 2 is 1.80 bits per heavy atom. The number of nitrogens with one attached hydrogen (secondary N) is 1. The van der Waals surface area contributed by atoms with Gasteiger partial charge in [0.2, 0.25) is 5.91 Å². The van der Waals surface area contributed by atoms with E-state index < -0.39 is 5.91 Å². The third kappa shape index (κ3) is 3.44. The summed E-state index contributed by atoms with van der Waals surface area (Å²) in [6, 6.07) is 12.3. The number of anilines is 1. The number of benzene rings is 2. The molecule has 0 heterocycles. The van der Waals surface area contributed by atoms with Crippen molar-refractivity contribution in [1.29, 1.82) is 0 Å².